The number of amides is 1. The molecule has 2 N–H and O–H groups in total. The summed E-state index contributed by atoms with van der Waals surface area (Å²) in [5.74, 6) is -0.932. The Morgan fingerprint density at radius 1 is 0.848 bits per heavy atom. The van der Waals surface area contributed by atoms with Crippen molar-refractivity contribution in [1.82, 2.24) is 4.90 Å². The number of likely N-dealkylation sites (tertiary alicyclic amines) is 1. The molecule has 2 aromatic carbocycles. The van der Waals surface area contributed by atoms with Crippen LogP contribution in [0.5, 0.6) is 5.75 Å². The Labute approximate surface area is 195 Å². The highest BCUT2D eigenvalue weighted by Crippen LogP contribution is 2.35. The molecule has 1 saturated carbocycles. The molecule has 172 valence electrons. The van der Waals surface area contributed by atoms with Crippen LogP contribution in [0.4, 0.5) is 0 Å². The molecule has 5 nitrogen and oxygen atoms in total. The Hall–Kier alpha value is -3.34. The number of carbonyl (C=O) groups excluding carboxylic acids is 1. The number of benzene rings is 2. The van der Waals surface area contributed by atoms with Crippen LogP contribution < -0.4 is 0 Å². The lowest BCUT2D eigenvalue weighted by molar-refractivity contribution is -0.146. The first kappa shape index (κ1) is 22.8. The Morgan fingerprint density at radius 2 is 1.45 bits per heavy atom. The van der Waals surface area contributed by atoms with Crippen LogP contribution in [0.3, 0.4) is 0 Å². The molecule has 2 aromatic rings. The molecule has 1 atom stereocenters. The summed E-state index contributed by atoms with van der Waals surface area (Å²) < 4.78 is 0. The van der Waals surface area contributed by atoms with Crippen LogP contribution in [0.1, 0.15) is 68.1 Å². The van der Waals surface area contributed by atoms with Crippen LogP contribution in [0.25, 0.3) is 11.6 Å². The number of rotatable bonds is 5. The molecular formula is C28H31NO4. The van der Waals surface area contributed by atoms with Crippen molar-refractivity contribution in [3.8, 4) is 5.75 Å². The summed E-state index contributed by atoms with van der Waals surface area (Å²) in [6, 6.07) is 14.9. The van der Waals surface area contributed by atoms with Gasteiger partial charge in [-0.2, -0.15) is 0 Å². The van der Waals surface area contributed by atoms with Gasteiger partial charge in [-0.3, -0.25) is 4.79 Å². The summed E-state index contributed by atoms with van der Waals surface area (Å²) in [5.41, 5.74) is 5.84. The fraction of sp³-hybridized carbons (Fsp3) is 0.357. The standard InChI is InChI=1S/C28H31NO4/c30-24-16-14-23(15-17-24)27(21-6-3-1-2-4-7-21)22-12-9-20(10-13-22)11-18-26(31)29-19-5-8-25(29)28(32)33/h9-18,25,30H,1-8,19H2,(H,32,33)/t25-/m0/s1. The first-order valence-corrected chi connectivity index (χ1v) is 11.9. The van der Waals surface area contributed by atoms with Gasteiger partial charge >= 0.3 is 5.97 Å². The minimum atomic E-state index is -0.938. The lowest BCUT2D eigenvalue weighted by Crippen LogP contribution is -2.39. The third-order valence-corrected chi connectivity index (χ3v) is 6.66. The van der Waals surface area contributed by atoms with Gasteiger partial charge in [0.05, 0.1) is 0 Å². The number of hydrogen-bond acceptors (Lipinski definition) is 3. The predicted octanol–water partition coefficient (Wildman–Crippen LogP) is 5.64. The molecule has 2 aliphatic rings. The predicted molar refractivity (Wildman–Crippen MR) is 130 cm³/mol. The van der Waals surface area contributed by atoms with Gasteiger partial charge < -0.3 is 15.1 Å². The third-order valence-electron chi connectivity index (χ3n) is 6.66. The Bertz CT molecular complexity index is 1040. The van der Waals surface area contributed by atoms with Gasteiger partial charge in [0.25, 0.3) is 0 Å². The second-order valence-electron chi connectivity index (χ2n) is 8.92. The molecule has 1 saturated heterocycles. The minimum Gasteiger partial charge on any atom is -0.508 e. The van der Waals surface area contributed by atoms with Crippen molar-refractivity contribution < 1.29 is 19.8 Å². The third kappa shape index (κ3) is 5.54. The van der Waals surface area contributed by atoms with Crippen molar-refractivity contribution in [3.05, 3.63) is 76.9 Å². The number of phenolic OH excluding ortho intramolecular Hbond substituents is 1. The van der Waals surface area contributed by atoms with Gasteiger partial charge in [0.2, 0.25) is 5.91 Å². The van der Waals surface area contributed by atoms with E-state index in [1.165, 1.54) is 47.8 Å². The van der Waals surface area contributed by atoms with Crippen LogP contribution in [0.15, 0.2) is 60.2 Å². The van der Waals surface area contributed by atoms with Gasteiger partial charge in [-0.05, 0) is 79.0 Å². The Balaban J connectivity index is 1.57. The largest absolute Gasteiger partial charge is 0.508 e. The number of aromatic hydroxyl groups is 1. The maximum atomic E-state index is 12.5. The van der Waals surface area contributed by atoms with E-state index in [4.69, 9.17) is 0 Å². The number of carboxylic acid groups (broad SMARTS) is 1. The number of carbonyl (C=O) groups is 2. The van der Waals surface area contributed by atoms with E-state index in [-0.39, 0.29) is 11.7 Å². The van der Waals surface area contributed by atoms with Crippen molar-refractivity contribution in [2.24, 2.45) is 0 Å². The van der Waals surface area contributed by atoms with E-state index in [1.807, 2.05) is 24.3 Å². The topological polar surface area (TPSA) is 77.8 Å². The van der Waals surface area contributed by atoms with E-state index in [0.717, 1.165) is 36.0 Å². The van der Waals surface area contributed by atoms with Crippen LogP contribution >= 0.6 is 0 Å². The van der Waals surface area contributed by atoms with Crippen molar-refractivity contribution in [2.75, 3.05) is 6.54 Å². The summed E-state index contributed by atoms with van der Waals surface area (Å²) in [5, 5.41) is 19.0. The highest BCUT2D eigenvalue weighted by atomic mass is 16.4. The van der Waals surface area contributed by atoms with Crippen LogP contribution in [-0.4, -0.2) is 39.6 Å². The van der Waals surface area contributed by atoms with Gasteiger partial charge in [-0.1, -0.05) is 54.8 Å². The van der Waals surface area contributed by atoms with E-state index >= 15 is 0 Å². The van der Waals surface area contributed by atoms with Crippen LogP contribution in [0.2, 0.25) is 0 Å². The van der Waals surface area contributed by atoms with Crippen molar-refractivity contribution >= 4 is 23.5 Å². The number of allylic oxidation sites excluding steroid dienone is 1. The fourth-order valence-corrected chi connectivity index (χ4v) is 4.92. The molecule has 1 aliphatic carbocycles. The molecule has 0 bridgehead atoms. The molecule has 0 aromatic heterocycles. The number of nitrogens with zero attached hydrogens (tertiary/aromatic N) is 1. The number of hydrogen-bond donors (Lipinski definition) is 2. The lowest BCUT2D eigenvalue weighted by Gasteiger charge is -2.19. The van der Waals surface area contributed by atoms with E-state index in [1.54, 1.807) is 18.2 Å². The molecule has 5 heteroatoms. The highest BCUT2D eigenvalue weighted by molar-refractivity contribution is 5.95. The van der Waals surface area contributed by atoms with E-state index in [0.29, 0.717) is 13.0 Å². The Kier molecular flexibility index (Phi) is 7.28. The Morgan fingerprint density at radius 3 is 2.06 bits per heavy atom. The molecule has 0 radical (unpaired) electrons. The maximum Gasteiger partial charge on any atom is 0.326 e. The molecule has 1 heterocycles. The molecule has 2 fully saturated rings. The quantitative estimate of drug-likeness (QED) is 0.461. The zero-order chi connectivity index (χ0) is 23.2. The monoisotopic (exact) mass is 445 g/mol. The first-order chi connectivity index (χ1) is 16.0. The number of aliphatic carboxylic acids is 1. The van der Waals surface area contributed by atoms with Crippen molar-refractivity contribution in [1.29, 1.82) is 0 Å². The zero-order valence-electron chi connectivity index (χ0n) is 18.9. The van der Waals surface area contributed by atoms with E-state index < -0.39 is 12.0 Å². The van der Waals surface area contributed by atoms with Gasteiger partial charge in [-0.25, -0.2) is 4.79 Å². The van der Waals surface area contributed by atoms with E-state index in [9.17, 15) is 19.8 Å². The normalized spacial score (nSPS) is 19.0. The van der Waals surface area contributed by atoms with Gasteiger partial charge in [0, 0.05) is 12.6 Å². The summed E-state index contributed by atoms with van der Waals surface area (Å²) in [6.45, 7) is 0.489. The summed E-state index contributed by atoms with van der Waals surface area (Å²) in [7, 11) is 0. The second kappa shape index (κ2) is 10.5. The molecule has 4 rings (SSSR count). The summed E-state index contributed by atoms with van der Waals surface area (Å²) in [6.07, 6.45) is 11.6. The maximum absolute atomic E-state index is 12.5. The van der Waals surface area contributed by atoms with Gasteiger partial charge in [0.15, 0.2) is 0 Å². The summed E-state index contributed by atoms with van der Waals surface area (Å²) >= 11 is 0. The SMILES string of the molecule is O=C(O)[C@@H]1CCCN1C(=O)C=Cc1ccc(C(=C2CCCCCC2)c2ccc(O)cc2)cc1. The zero-order valence-corrected chi connectivity index (χ0v) is 18.9. The smallest absolute Gasteiger partial charge is 0.326 e. The first-order valence-electron chi connectivity index (χ1n) is 11.9. The fourth-order valence-electron chi connectivity index (χ4n) is 4.92. The van der Waals surface area contributed by atoms with E-state index in [2.05, 4.69) is 12.1 Å². The lowest BCUT2D eigenvalue weighted by atomic mass is 9.89. The molecular weight excluding hydrogens is 414 g/mol. The molecule has 0 unspecified atom stereocenters. The second-order valence-corrected chi connectivity index (χ2v) is 8.92. The number of phenols is 1. The van der Waals surface area contributed by atoms with Gasteiger partial charge in [0.1, 0.15) is 11.8 Å². The average molecular weight is 446 g/mol. The molecule has 0 spiro atoms. The molecule has 1 amide bonds. The average Bonchev–Trinajstić information content (AvgIpc) is 3.18. The molecule has 1 aliphatic heterocycles. The summed E-state index contributed by atoms with van der Waals surface area (Å²) in [4.78, 5) is 25.3. The van der Waals surface area contributed by atoms with Crippen LogP contribution in [-0.2, 0) is 9.59 Å². The number of carboxylic acids is 1. The highest BCUT2D eigenvalue weighted by Gasteiger charge is 2.32. The van der Waals surface area contributed by atoms with Crippen molar-refractivity contribution in [2.45, 2.75) is 57.4 Å². The van der Waals surface area contributed by atoms with Crippen LogP contribution in [0, 0.1) is 0 Å². The van der Waals surface area contributed by atoms with Gasteiger partial charge in [-0.15, -0.1) is 0 Å². The minimum absolute atomic E-state index is 0.255. The van der Waals surface area contributed by atoms with Crippen molar-refractivity contribution in [3.63, 3.8) is 0 Å². The molecule has 33 heavy (non-hydrogen) atoms.